The molecule has 1 amide bonds. The minimum Gasteiger partial charge on any atom is -0.336 e. The number of likely N-dealkylation sites (tertiary alicyclic amines) is 1. The van der Waals surface area contributed by atoms with E-state index in [1.54, 1.807) is 0 Å². The lowest BCUT2D eigenvalue weighted by Crippen LogP contribution is -2.58. The second-order valence-electron chi connectivity index (χ2n) is 5.45. The third-order valence-corrected chi connectivity index (χ3v) is 4.01. The van der Waals surface area contributed by atoms with Crippen LogP contribution in [0.4, 0.5) is 8.78 Å². The first kappa shape index (κ1) is 12.0. The fourth-order valence-electron chi connectivity index (χ4n) is 2.57. The number of nitrogens with zero attached hydrogens (tertiary/aromatic N) is 1. The number of amides is 1. The van der Waals surface area contributed by atoms with Crippen LogP contribution < -0.4 is 0 Å². The van der Waals surface area contributed by atoms with Gasteiger partial charge in [-0.3, -0.25) is 9.59 Å². The van der Waals surface area contributed by atoms with Gasteiger partial charge in [0, 0.05) is 19.0 Å². The molecule has 1 aliphatic heterocycles. The lowest BCUT2D eigenvalue weighted by molar-refractivity contribution is -0.201. The van der Waals surface area contributed by atoms with Gasteiger partial charge < -0.3 is 9.64 Å². The van der Waals surface area contributed by atoms with Gasteiger partial charge in [-0.1, -0.05) is 0 Å². The molecule has 0 atom stereocenters. The molecule has 2 aliphatic carbocycles. The van der Waals surface area contributed by atoms with Gasteiger partial charge in [-0.05, 0) is 25.7 Å². The molecule has 0 radical (unpaired) electrons. The molecule has 0 aromatic rings. The Balaban J connectivity index is 1.55. The summed E-state index contributed by atoms with van der Waals surface area (Å²) in [7, 11) is 0. The summed E-state index contributed by atoms with van der Waals surface area (Å²) >= 11 is 0. The standard InChI is InChI=1S/C12H15F2NO3/c13-11(14)18-8-5-15(6-8)10(17)12(3-4-12)9(16)7-1-2-7/h7-8,11H,1-6H2. The van der Waals surface area contributed by atoms with Gasteiger partial charge in [-0.25, -0.2) is 0 Å². The van der Waals surface area contributed by atoms with E-state index in [0.717, 1.165) is 12.8 Å². The largest absolute Gasteiger partial charge is 0.345 e. The molecular weight excluding hydrogens is 244 g/mol. The Kier molecular flexibility index (Phi) is 2.66. The van der Waals surface area contributed by atoms with Crippen molar-refractivity contribution in [3.8, 4) is 0 Å². The van der Waals surface area contributed by atoms with E-state index in [-0.39, 0.29) is 30.7 Å². The topological polar surface area (TPSA) is 46.6 Å². The molecule has 100 valence electrons. The highest BCUT2D eigenvalue weighted by molar-refractivity contribution is 6.10. The van der Waals surface area contributed by atoms with E-state index in [4.69, 9.17) is 0 Å². The van der Waals surface area contributed by atoms with Gasteiger partial charge >= 0.3 is 6.61 Å². The Morgan fingerprint density at radius 2 is 1.83 bits per heavy atom. The van der Waals surface area contributed by atoms with Crippen LogP contribution in [-0.2, 0) is 14.3 Å². The third-order valence-electron chi connectivity index (χ3n) is 4.01. The molecule has 0 spiro atoms. The van der Waals surface area contributed by atoms with E-state index >= 15 is 0 Å². The van der Waals surface area contributed by atoms with Crippen molar-refractivity contribution >= 4 is 11.7 Å². The molecule has 3 fully saturated rings. The fourth-order valence-corrected chi connectivity index (χ4v) is 2.57. The van der Waals surface area contributed by atoms with E-state index in [0.29, 0.717) is 12.8 Å². The van der Waals surface area contributed by atoms with Gasteiger partial charge in [0.2, 0.25) is 5.91 Å². The highest BCUT2D eigenvalue weighted by atomic mass is 19.3. The number of halogens is 2. The summed E-state index contributed by atoms with van der Waals surface area (Å²) in [5.41, 5.74) is -0.795. The number of ether oxygens (including phenoxy) is 1. The number of carbonyl (C=O) groups excluding carboxylic acids is 2. The molecule has 0 N–H and O–H groups in total. The number of hydrogen-bond donors (Lipinski definition) is 0. The van der Waals surface area contributed by atoms with E-state index in [1.165, 1.54) is 4.90 Å². The molecule has 6 heteroatoms. The highest BCUT2D eigenvalue weighted by Gasteiger charge is 2.61. The summed E-state index contributed by atoms with van der Waals surface area (Å²) in [6.07, 6.45) is 2.45. The molecule has 1 heterocycles. The van der Waals surface area contributed by atoms with Crippen LogP contribution in [0.3, 0.4) is 0 Å². The lowest BCUT2D eigenvalue weighted by atomic mass is 9.93. The smallest absolute Gasteiger partial charge is 0.336 e. The van der Waals surface area contributed by atoms with Gasteiger partial charge in [0.1, 0.15) is 5.41 Å². The van der Waals surface area contributed by atoms with Crippen molar-refractivity contribution < 1.29 is 23.1 Å². The second-order valence-corrected chi connectivity index (χ2v) is 5.45. The Morgan fingerprint density at radius 1 is 1.22 bits per heavy atom. The molecule has 3 rings (SSSR count). The maximum absolute atomic E-state index is 12.2. The van der Waals surface area contributed by atoms with Crippen molar-refractivity contribution in [1.82, 2.24) is 4.90 Å². The Hall–Kier alpha value is -1.04. The minimum atomic E-state index is -2.80. The number of rotatable bonds is 5. The van der Waals surface area contributed by atoms with Crippen LogP contribution in [0.15, 0.2) is 0 Å². The normalized spacial score (nSPS) is 26.1. The summed E-state index contributed by atoms with van der Waals surface area (Å²) in [6.45, 7) is -2.43. The lowest BCUT2D eigenvalue weighted by Gasteiger charge is -2.40. The monoisotopic (exact) mass is 259 g/mol. The summed E-state index contributed by atoms with van der Waals surface area (Å²) in [5.74, 6) is -0.0231. The van der Waals surface area contributed by atoms with Crippen molar-refractivity contribution in [2.45, 2.75) is 38.4 Å². The number of hydrogen-bond acceptors (Lipinski definition) is 3. The summed E-state index contributed by atoms with van der Waals surface area (Å²) < 4.78 is 28.2. The number of Topliss-reactive ketones (excluding diaryl/α,β-unsaturated/α-hetero) is 1. The Bertz CT molecular complexity index is 385. The molecule has 0 aromatic heterocycles. The maximum atomic E-state index is 12.2. The van der Waals surface area contributed by atoms with E-state index in [2.05, 4.69) is 4.74 Å². The first-order valence-corrected chi connectivity index (χ1v) is 6.30. The molecule has 4 nitrogen and oxygen atoms in total. The molecule has 1 saturated heterocycles. The van der Waals surface area contributed by atoms with Crippen molar-refractivity contribution in [3.63, 3.8) is 0 Å². The van der Waals surface area contributed by atoms with Gasteiger partial charge in [0.15, 0.2) is 5.78 Å². The fraction of sp³-hybridized carbons (Fsp3) is 0.833. The van der Waals surface area contributed by atoms with Crippen molar-refractivity contribution in [1.29, 1.82) is 0 Å². The zero-order valence-electron chi connectivity index (χ0n) is 9.90. The van der Waals surface area contributed by atoms with Gasteiger partial charge in [0.05, 0.1) is 6.10 Å². The van der Waals surface area contributed by atoms with E-state index < -0.39 is 18.1 Å². The average Bonchev–Trinajstić information content (AvgIpc) is 3.15. The summed E-state index contributed by atoms with van der Waals surface area (Å²) in [4.78, 5) is 25.7. The van der Waals surface area contributed by atoms with Gasteiger partial charge in [-0.2, -0.15) is 8.78 Å². The quantitative estimate of drug-likeness (QED) is 0.697. The van der Waals surface area contributed by atoms with Crippen LogP contribution in [0.1, 0.15) is 25.7 Å². The zero-order valence-corrected chi connectivity index (χ0v) is 9.90. The predicted octanol–water partition coefficient (Wildman–Crippen LogP) is 1.20. The molecule has 0 bridgehead atoms. The van der Waals surface area contributed by atoms with E-state index in [9.17, 15) is 18.4 Å². The van der Waals surface area contributed by atoms with Crippen LogP contribution in [0, 0.1) is 11.3 Å². The third kappa shape index (κ3) is 1.92. The molecule has 0 aromatic carbocycles. The van der Waals surface area contributed by atoms with Gasteiger partial charge in [0.25, 0.3) is 0 Å². The zero-order chi connectivity index (χ0) is 12.9. The van der Waals surface area contributed by atoms with Crippen molar-refractivity contribution in [2.75, 3.05) is 13.1 Å². The van der Waals surface area contributed by atoms with Crippen molar-refractivity contribution in [3.05, 3.63) is 0 Å². The number of alkyl halides is 2. The van der Waals surface area contributed by atoms with Gasteiger partial charge in [-0.15, -0.1) is 0 Å². The SMILES string of the molecule is O=C(C1CC1)C1(C(=O)N2CC(OC(F)F)C2)CC1. The first-order chi connectivity index (χ1) is 8.53. The van der Waals surface area contributed by atoms with Crippen LogP contribution in [0.5, 0.6) is 0 Å². The summed E-state index contributed by atoms with van der Waals surface area (Å²) in [5, 5.41) is 0. The van der Waals surface area contributed by atoms with Crippen LogP contribution in [0.25, 0.3) is 0 Å². The highest BCUT2D eigenvalue weighted by Crippen LogP contribution is 2.53. The van der Waals surface area contributed by atoms with Crippen LogP contribution in [-0.4, -0.2) is 42.4 Å². The number of ketones is 1. The second kappa shape index (κ2) is 3.98. The number of carbonyl (C=O) groups is 2. The molecule has 18 heavy (non-hydrogen) atoms. The first-order valence-electron chi connectivity index (χ1n) is 6.30. The molecule has 3 aliphatic rings. The van der Waals surface area contributed by atoms with Crippen LogP contribution in [0.2, 0.25) is 0 Å². The average molecular weight is 259 g/mol. The summed E-state index contributed by atoms with van der Waals surface area (Å²) in [6, 6.07) is 0. The predicted molar refractivity (Wildman–Crippen MR) is 56.9 cm³/mol. The molecule has 0 unspecified atom stereocenters. The van der Waals surface area contributed by atoms with E-state index in [1.807, 2.05) is 0 Å². The Labute approximate surface area is 103 Å². The molecular formula is C12H15F2NO3. The van der Waals surface area contributed by atoms with Crippen molar-refractivity contribution in [2.24, 2.45) is 11.3 Å². The van der Waals surface area contributed by atoms with Crippen LogP contribution >= 0.6 is 0 Å². The Morgan fingerprint density at radius 3 is 2.28 bits per heavy atom. The molecule has 2 saturated carbocycles. The maximum Gasteiger partial charge on any atom is 0.345 e. The minimum absolute atomic E-state index is 0.0747.